The highest BCUT2D eigenvalue weighted by Gasteiger charge is 2.23. The van der Waals surface area contributed by atoms with Crippen molar-refractivity contribution in [2.24, 2.45) is 5.92 Å². The van der Waals surface area contributed by atoms with Crippen molar-refractivity contribution in [3.63, 3.8) is 0 Å². The third-order valence-electron chi connectivity index (χ3n) is 4.77. The van der Waals surface area contributed by atoms with Gasteiger partial charge in [0.2, 0.25) is 0 Å². The Labute approximate surface area is 137 Å². The second-order valence-electron chi connectivity index (χ2n) is 6.19. The predicted octanol–water partition coefficient (Wildman–Crippen LogP) is 7.13. The van der Waals surface area contributed by atoms with Gasteiger partial charge >= 0.3 is 0 Å². The number of benzene rings is 2. The monoisotopic (exact) mass is 320 g/mol. The minimum Gasteiger partial charge on any atom is -0.117 e. The highest BCUT2D eigenvalue weighted by molar-refractivity contribution is 6.35. The van der Waals surface area contributed by atoms with Gasteiger partial charge in [0, 0.05) is 10.4 Å². The van der Waals surface area contributed by atoms with Crippen LogP contribution >= 0.6 is 23.2 Å². The van der Waals surface area contributed by atoms with Gasteiger partial charge in [0.05, 0.1) is 5.38 Å². The summed E-state index contributed by atoms with van der Waals surface area (Å²) >= 11 is 13.2. The zero-order chi connectivity index (χ0) is 14.7. The van der Waals surface area contributed by atoms with Gasteiger partial charge in [-0.1, -0.05) is 74.0 Å². The van der Waals surface area contributed by atoms with Gasteiger partial charge in [0.15, 0.2) is 0 Å². The Kier molecular flexibility index (Phi) is 5.08. The molecule has 2 heteroatoms. The van der Waals surface area contributed by atoms with Crippen molar-refractivity contribution in [1.82, 2.24) is 0 Å². The molecule has 1 unspecified atom stereocenters. The molecule has 0 saturated heterocycles. The summed E-state index contributed by atoms with van der Waals surface area (Å²) in [6.07, 6.45) is 9.27. The fraction of sp³-hybridized carbons (Fsp3) is 0.474. The van der Waals surface area contributed by atoms with E-state index in [4.69, 9.17) is 23.2 Å². The molecule has 0 bridgehead atoms. The Bertz CT molecular complexity index is 598. The van der Waals surface area contributed by atoms with Gasteiger partial charge in [-0.25, -0.2) is 0 Å². The number of alkyl halides is 1. The molecule has 0 amide bonds. The quantitative estimate of drug-likeness (QED) is 0.516. The number of halogens is 2. The van der Waals surface area contributed by atoms with Gasteiger partial charge in [-0.05, 0) is 35.8 Å². The third-order valence-corrected chi connectivity index (χ3v) is 5.69. The molecule has 1 aliphatic carbocycles. The lowest BCUT2D eigenvalue weighted by atomic mass is 9.85. The smallest absolute Gasteiger partial charge is 0.0619 e. The average molecular weight is 321 g/mol. The van der Waals surface area contributed by atoms with Crippen LogP contribution in [-0.4, -0.2) is 0 Å². The van der Waals surface area contributed by atoms with Gasteiger partial charge in [-0.2, -0.15) is 0 Å². The molecular formula is C19H22Cl2. The number of fused-ring (bicyclic) bond motifs is 1. The Hall–Kier alpha value is -0.720. The van der Waals surface area contributed by atoms with Gasteiger partial charge < -0.3 is 0 Å². The van der Waals surface area contributed by atoms with Crippen molar-refractivity contribution in [1.29, 1.82) is 0 Å². The first-order valence-electron chi connectivity index (χ1n) is 8.08. The molecule has 3 rings (SSSR count). The van der Waals surface area contributed by atoms with Crippen molar-refractivity contribution in [2.75, 3.05) is 0 Å². The molecule has 2 aromatic carbocycles. The fourth-order valence-electron chi connectivity index (χ4n) is 3.56. The lowest BCUT2D eigenvalue weighted by Gasteiger charge is -2.25. The van der Waals surface area contributed by atoms with Gasteiger partial charge in [-0.15, -0.1) is 11.6 Å². The van der Waals surface area contributed by atoms with Crippen LogP contribution < -0.4 is 0 Å². The number of rotatable bonds is 2. The van der Waals surface area contributed by atoms with Crippen molar-refractivity contribution in [3.8, 4) is 0 Å². The van der Waals surface area contributed by atoms with Gasteiger partial charge in [0.1, 0.15) is 0 Å². The molecule has 0 heterocycles. The van der Waals surface area contributed by atoms with E-state index < -0.39 is 0 Å². The molecule has 1 aliphatic rings. The largest absolute Gasteiger partial charge is 0.117 e. The van der Waals surface area contributed by atoms with Crippen LogP contribution in [-0.2, 0) is 0 Å². The molecular weight excluding hydrogens is 299 g/mol. The Morgan fingerprint density at radius 3 is 2.14 bits per heavy atom. The normalized spacial score (nSPS) is 19.1. The van der Waals surface area contributed by atoms with E-state index in [1.807, 2.05) is 12.1 Å². The SMILES string of the molecule is Clc1ccc(C(Cl)C2CCCCCCC2)c2ccccc12. The second-order valence-corrected chi connectivity index (χ2v) is 7.07. The first-order valence-corrected chi connectivity index (χ1v) is 8.90. The van der Waals surface area contributed by atoms with E-state index in [2.05, 4.69) is 24.3 Å². The van der Waals surface area contributed by atoms with Gasteiger partial charge in [-0.3, -0.25) is 0 Å². The Balaban J connectivity index is 1.93. The molecule has 0 radical (unpaired) electrons. The molecule has 0 N–H and O–H groups in total. The standard InChI is InChI=1S/C19H22Cl2/c20-18-13-12-17(15-10-6-7-11-16(15)18)19(21)14-8-4-2-1-3-5-9-14/h6-7,10-14,19H,1-5,8-9H2. The fourth-order valence-corrected chi connectivity index (χ4v) is 4.23. The average Bonchev–Trinajstić information content (AvgIpc) is 2.47. The first-order chi connectivity index (χ1) is 10.3. The molecule has 0 aromatic heterocycles. The highest BCUT2D eigenvalue weighted by Crippen LogP contribution is 2.41. The predicted molar refractivity (Wildman–Crippen MR) is 93.4 cm³/mol. The summed E-state index contributed by atoms with van der Waals surface area (Å²) in [6.45, 7) is 0. The van der Waals surface area contributed by atoms with Crippen LogP contribution in [0.15, 0.2) is 36.4 Å². The van der Waals surface area contributed by atoms with Crippen LogP contribution in [0.5, 0.6) is 0 Å². The summed E-state index contributed by atoms with van der Waals surface area (Å²) in [5.74, 6) is 0.594. The lowest BCUT2D eigenvalue weighted by molar-refractivity contribution is 0.369. The van der Waals surface area contributed by atoms with E-state index >= 15 is 0 Å². The minimum absolute atomic E-state index is 0.102. The van der Waals surface area contributed by atoms with Gasteiger partial charge in [0.25, 0.3) is 0 Å². The summed E-state index contributed by atoms with van der Waals surface area (Å²) in [6, 6.07) is 12.5. The van der Waals surface area contributed by atoms with Crippen LogP contribution in [0.25, 0.3) is 10.8 Å². The Morgan fingerprint density at radius 1 is 0.810 bits per heavy atom. The summed E-state index contributed by atoms with van der Waals surface area (Å²) in [7, 11) is 0. The first kappa shape index (κ1) is 15.2. The maximum atomic E-state index is 6.90. The highest BCUT2D eigenvalue weighted by atomic mass is 35.5. The molecule has 0 aliphatic heterocycles. The summed E-state index contributed by atoms with van der Waals surface area (Å²) in [5.41, 5.74) is 1.25. The molecule has 1 saturated carbocycles. The second kappa shape index (κ2) is 7.03. The maximum absolute atomic E-state index is 6.90. The lowest BCUT2D eigenvalue weighted by Crippen LogP contribution is -2.10. The molecule has 0 nitrogen and oxygen atoms in total. The topological polar surface area (TPSA) is 0 Å². The molecule has 21 heavy (non-hydrogen) atoms. The molecule has 2 aromatic rings. The van der Waals surface area contributed by atoms with E-state index in [9.17, 15) is 0 Å². The van der Waals surface area contributed by atoms with Crippen molar-refractivity contribution in [3.05, 3.63) is 47.0 Å². The summed E-state index contributed by atoms with van der Waals surface area (Å²) < 4.78 is 0. The minimum atomic E-state index is 0.102. The molecule has 1 atom stereocenters. The van der Waals surface area contributed by atoms with Crippen LogP contribution in [0.3, 0.4) is 0 Å². The van der Waals surface area contributed by atoms with Crippen LogP contribution in [0, 0.1) is 5.92 Å². The van der Waals surface area contributed by atoms with E-state index in [0.717, 1.165) is 10.4 Å². The zero-order valence-corrected chi connectivity index (χ0v) is 13.8. The third kappa shape index (κ3) is 3.38. The molecule has 112 valence electrons. The number of hydrogen-bond acceptors (Lipinski definition) is 0. The summed E-state index contributed by atoms with van der Waals surface area (Å²) in [4.78, 5) is 0. The van der Waals surface area contributed by atoms with Crippen molar-refractivity contribution in [2.45, 2.75) is 50.3 Å². The van der Waals surface area contributed by atoms with Crippen molar-refractivity contribution >= 4 is 34.0 Å². The molecule has 1 fully saturated rings. The van der Waals surface area contributed by atoms with Crippen LogP contribution in [0.1, 0.15) is 55.9 Å². The van der Waals surface area contributed by atoms with Crippen LogP contribution in [0.4, 0.5) is 0 Å². The van der Waals surface area contributed by atoms with E-state index in [1.54, 1.807) is 0 Å². The van der Waals surface area contributed by atoms with E-state index in [1.165, 1.54) is 55.9 Å². The molecule has 0 spiro atoms. The van der Waals surface area contributed by atoms with E-state index in [-0.39, 0.29) is 5.38 Å². The number of hydrogen-bond donors (Lipinski definition) is 0. The van der Waals surface area contributed by atoms with E-state index in [0.29, 0.717) is 5.92 Å². The zero-order valence-electron chi connectivity index (χ0n) is 12.3. The Morgan fingerprint density at radius 2 is 1.43 bits per heavy atom. The van der Waals surface area contributed by atoms with Crippen LogP contribution in [0.2, 0.25) is 5.02 Å². The summed E-state index contributed by atoms with van der Waals surface area (Å²) in [5, 5.41) is 3.25. The van der Waals surface area contributed by atoms with Crippen molar-refractivity contribution < 1.29 is 0 Å². The maximum Gasteiger partial charge on any atom is 0.0619 e.